The molecule has 1 N–H and O–H groups in total. The van der Waals surface area contributed by atoms with Crippen LogP contribution < -0.4 is 9.62 Å². The van der Waals surface area contributed by atoms with Crippen LogP contribution >= 0.6 is 11.6 Å². The van der Waals surface area contributed by atoms with Crippen LogP contribution in [0.2, 0.25) is 5.02 Å². The zero-order valence-electron chi connectivity index (χ0n) is 22.3. The van der Waals surface area contributed by atoms with Crippen LogP contribution in [0.3, 0.4) is 0 Å². The Hall–Kier alpha value is -3.36. The Morgan fingerprint density at radius 3 is 2.05 bits per heavy atom. The first-order valence-corrected chi connectivity index (χ1v) is 14.1. The first-order valence-electron chi connectivity index (χ1n) is 12.3. The molecule has 38 heavy (non-hydrogen) atoms. The number of hydrogen-bond donors (Lipinski definition) is 1. The number of nitrogens with zero attached hydrogens (tertiary/aromatic N) is 2. The third-order valence-corrected chi connectivity index (χ3v) is 7.90. The Labute approximate surface area is 230 Å². The lowest BCUT2D eigenvalue weighted by atomic mass is 10.1. The van der Waals surface area contributed by atoms with Gasteiger partial charge in [-0.2, -0.15) is 0 Å². The van der Waals surface area contributed by atoms with Crippen molar-refractivity contribution in [1.82, 2.24) is 10.2 Å². The summed E-state index contributed by atoms with van der Waals surface area (Å²) in [5, 5.41) is 3.32. The zero-order valence-corrected chi connectivity index (χ0v) is 23.9. The topological polar surface area (TPSA) is 86.8 Å². The molecule has 0 fully saturated rings. The molecule has 0 saturated heterocycles. The maximum absolute atomic E-state index is 13.9. The molecular weight excluding hydrogens is 522 g/mol. The average Bonchev–Trinajstić information content (AvgIpc) is 2.86. The van der Waals surface area contributed by atoms with Crippen LogP contribution in [0, 0.1) is 6.92 Å². The van der Waals surface area contributed by atoms with Crippen molar-refractivity contribution in [1.29, 1.82) is 0 Å². The quantitative estimate of drug-likeness (QED) is 0.394. The van der Waals surface area contributed by atoms with Crippen molar-refractivity contribution in [2.24, 2.45) is 0 Å². The Balaban J connectivity index is 2.00. The van der Waals surface area contributed by atoms with E-state index >= 15 is 0 Å². The van der Waals surface area contributed by atoms with Gasteiger partial charge in [0.25, 0.3) is 10.0 Å². The van der Waals surface area contributed by atoms with Crippen molar-refractivity contribution in [3.8, 4) is 0 Å². The van der Waals surface area contributed by atoms with Crippen molar-refractivity contribution < 1.29 is 18.0 Å². The highest BCUT2D eigenvalue weighted by Gasteiger charge is 2.33. The number of carbonyl (C=O) groups is 2. The Bertz CT molecular complexity index is 1350. The molecule has 7 nitrogen and oxygen atoms in total. The fraction of sp³-hybridized carbons (Fsp3) is 0.310. The number of para-hydroxylation sites is 1. The van der Waals surface area contributed by atoms with Crippen molar-refractivity contribution in [2.75, 3.05) is 10.8 Å². The molecule has 0 bridgehead atoms. The van der Waals surface area contributed by atoms with Gasteiger partial charge < -0.3 is 10.2 Å². The van der Waals surface area contributed by atoms with Crippen molar-refractivity contribution in [3.63, 3.8) is 0 Å². The predicted molar refractivity (Wildman–Crippen MR) is 152 cm³/mol. The van der Waals surface area contributed by atoms with Crippen LogP contribution in [0.15, 0.2) is 83.8 Å². The summed E-state index contributed by atoms with van der Waals surface area (Å²) in [5.41, 5.74) is 1.72. The highest BCUT2D eigenvalue weighted by atomic mass is 35.5. The maximum atomic E-state index is 13.9. The lowest BCUT2D eigenvalue weighted by Crippen LogP contribution is -2.54. The molecule has 2 amide bonds. The summed E-state index contributed by atoms with van der Waals surface area (Å²) >= 11 is 5.97. The van der Waals surface area contributed by atoms with Gasteiger partial charge in [-0.25, -0.2) is 8.42 Å². The number of rotatable bonds is 9. The second-order valence-corrected chi connectivity index (χ2v) is 12.5. The largest absolute Gasteiger partial charge is 0.350 e. The molecule has 202 valence electrons. The molecule has 0 aromatic heterocycles. The number of aryl methyl sites for hydroxylation is 1. The fourth-order valence-corrected chi connectivity index (χ4v) is 5.34. The van der Waals surface area contributed by atoms with Crippen molar-refractivity contribution in [2.45, 2.75) is 57.6 Å². The average molecular weight is 556 g/mol. The molecule has 0 aliphatic carbocycles. The third-order valence-electron chi connectivity index (χ3n) is 5.86. The van der Waals surface area contributed by atoms with Crippen LogP contribution in [0.5, 0.6) is 0 Å². The van der Waals surface area contributed by atoms with E-state index in [4.69, 9.17) is 11.6 Å². The smallest absolute Gasteiger partial charge is 0.264 e. The Kier molecular flexibility index (Phi) is 9.22. The summed E-state index contributed by atoms with van der Waals surface area (Å²) < 4.78 is 28.5. The van der Waals surface area contributed by atoms with Gasteiger partial charge in [0.1, 0.15) is 12.6 Å². The molecule has 0 saturated carbocycles. The number of anilines is 1. The van der Waals surface area contributed by atoms with Crippen LogP contribution in [-0.4, -0.2) is 43.3 Å². The normalized spacial score (nSPS) is 12.5. The Morgan fingerprint density at radius 2 is 1.50 bits per heavy atom. The number of benzene rings is 3. The second kappa shape index (κ2) is 12.0. The molecule has 0 aliphatic rings. The van der Waals surface area contributed by atoms with Crippen molar-refractivity contribution in [3.05, 3.63) is 95.0 Å². The molecule has 0 heterocycles. The van der Waals surface area contributed by atoms with Gasteiger partial charge in [0, 0.05) is 17.1 Å². The molecule has 0 aliphatic heterocycles. The first-order chi connectivity index (χ1) is 17.8. The number of hydrogen-bond acceptors (Lipinski definition) is 4. The number of nitrogens with one attached hydrogen (secondary N) is 1. The highest BCUT2D eigenvalue weighted by Crippen LogP contribution is 2.25. The van der Waals surface area contributed by atoms with Gasteiger partial charge in [-0.15, -0.1) is 0 Å². The minimum atomic E-state index is -4.13. The highest BCUT2D eigenvalue weighted by molar-refractivity contribution is 7.92. The number of halogens is 1. The van der Waals surface area contributed by atoms with E-state index in [-0.39, 0.29) is 17.3 Å². The number of carbonyl (C=O) groups excluding carboxylic acids is 2. The van der Waals surface area contributed by atoms with Gasteiger partial charge in [0.15, 0.2) is 0 Å². The first kappa shape index (κ1) is 29.2. The van der Waals surface area contributed by atoms with Gasteiger partial charge in [-0.1, -0.05) is 59.6 Å². The summed E-state index contributed by atoms with van der Waals surface area (Å²) in [6.07, 6.45) is 0. The van der Waals surface area contributed by atoms with E-state index in [1.165, 1.54) is 29.2 Å². The van der Waals surface area contributed by atoms with Crippen molar-refractivity contribution >= 4 is 39.1 Å². The molecule has 0 unspecified atom stereocenters. The van der Waals surface area contributed by atoms with E-state index in [2.05, 4.69) is 5.32 Å². The van der Waals surface area contributed by atoms with Gasteiger partial charge in [-0.05, 0) is 76.6 Å². The number of sulfonamides is 1. The number of amides is 2. The summed E-state index contributed by atoms with van der Waals surface area (Å²) in [6.45, 7) is 8.84. The van der Waals surface area contributed by atoms with Gasteiger partial charge >= 0.3 is 0 Å². The van der Waals surface area contributed by atoms with Crippen LogP contribution in [0.4, 0.5) is 5.69 Å². The van der Waals surface area contributed by atoms with Crippen LogP contribution in [0.25, 0.3) is 0 Å². The molecule has 9 heteroatoms. The predicted octanol–water partition coefficient (Wildman–Crippen LogP) is 5.18. The van der Waals surface area contributed by atoms with Gasteiger partial charge in [0.05, 0.1) is 10.6 Å². The van der Waals surface area contributed by atoms with E-state index < -0.39 is 34.1 Å². The summed E-state index contributed by atoms with van der Waals surface area (Å²) in [7, 11) is -4.13. The molecule has 3 aromatic carbocycles. The standard InChI is InChI=1S/C29H34ClN3O4S/c1-21-11-13-23(14-12-21)19-32(22(2)28(35)31-29(3,4)5)27(34)20-33(25-9-7-6-8-10-25)38(36,37)26-17-15-24(30)16-18-26/h6-18,22H,19-20H2,1-5H3,(H,31,35)/t22-/m1/s1. The van der Waals surface area contributed by atoms with E-state index in [0.717, 1.165) is 15.4 Å². The van der Waals surface area contributed by atoms with E-state index in [0.29, 0.717) is 10.7 Å². The lowest BCUT2D eigenvalue weighted by molar-refractivity contribution is -0.140. The molecule has 0 radical (unpaired) electrons. The Morgan fingerprint density at radius 1 is 0.921 bits per heavy atom. The van der Waals surface area contributed by atoms with Gasteiger partial charge in [0.2, 0.25) is 11.8 Å². The minimum absolute atomic E-state index is 0.00200. The molecule has 1 atom stereocenters. The maximum Gasteiger partial charge on any atom is 0.264 e. The summed E-state index contributed by atoms with van der Waals surface area (Å²) in [5.74, 6) is -0.840. The SMILES string of the molecule is Cc1ccc(CN(C(=O)CN(c2ccccc2)S(=O)(=O)c2ccc(Cl)cc2)[C@H](C)C(=O)NC(C)(C)C)cc1. The summed E-state index contributed by atoms with van der Waals surface area (Å²) in [4.78, 5) is 28.4. The minimum Gasteiger partial charge on any atom is -0.350 e. The molecule has 3 rings (SSSR count). The van der Waals surface area contributed by atoms with Crippen LogP contribution in [0.1, 0.15) is 38.8 Å². The second-order valence-electron chi connectivity index (χ2n) is 10.2. The zero-order chi connectivity index (χ0) is 28.1. The molecular formula is C29H34ClN3O4S. The van der Waals surface area contributed by atoms with E-state index in [1.54, 1.807) is 37.3 Å². The van der Waals surface area contributed by atoms with E-state index in [1.807, 2.05) is 52.0 Å². The fourth-order valence-electron chi connectivity index (χ4n) is 3.80. The molecule has 3 aromatic rings. The van der Waals surface area contributed by atoms with E-state index in [9.17, 15) is 18.0 Å². The monoisotopic (exact) mass is 555 g/mol. The lowest BCUT2D eigenvalue weighted by Gasteiger charge is -2.33. The van der Waals surface area contributed by atoms with Crippen LogP contribution in [-0.2, 0) is 26.2 Å². The summed E-state index contributed by atoms with van der Waals surface area (Å²) in [6, 6.07) is 21.0. The molecule has 0 spiro atoms. The van der Waals surface area contributed by atoms with Gasteiger partial charge in [-0.3, -0.25) is 13.9 Å². The third kappa shape index (κ3) is 7.58.